The van der Waals surface area contributed by atoms with Gasteiger partial charge in [-0.05, 0) is 19.4 Å². The van der Waals surface area contributed by atoms with Crippen molar-refractivity contribution >= 4 is 16.0 Å². The molecule has 1 aromatic rings. The topological polar surface area (TPSA) is 83.9 Å². The molecular formula is C15H21NO5S. The van der Waals surface area contributed by atoms with Gasteiger partial charge in [0.15, 0.2) is 6.10 Å². The molecule has 1 heterocycles. The first-order chi connectivity index (χ1) is 10.2. The van der Waals surface area contributed by atoms with Crippen molar-refractivity contribution in [3.8, 4) is 0 Å². The Hall–Kier alpha value is -1.44. The molecule has 1 fully saturated rings. The Kier molecular flexibility index (Phi) is 4.89. The van der Waals surface area contributed by atoms with E-state index in [-0.39, 0.29) is 24.8 Å². The molecule has 0 aromatic heterocycles. The zero-order valence-electron chi connectivity index (χ0n) is 12.9. The molecule has 22 heavy (non-hydrogen) atoms. The monoisotopic (exact) mass is 327 g/mol. The van der Waals surface area contributed by atoms with E-state index in [4.69, 9.17) is 9.84 Å². The normalized spacial score (nSPS) is 18.0. The number of hydrogen-bond acceptors (Lipinski definition) is 4. The molecule has 0 saturated carbocycles. The maximum atomic E-state index is 12.4. The van der Waals surface area contributed by atoms with Gasteiger partial charge in [0.05, 0.1) is 5.75 Å². The molecule has 0 aliphatic carbocycles. The zero-order valence-corrected chi connectivity index (χ0v) is 13.8. The minimum absolute atomic E-state index is 0.0625. The van der Waals surface area contributed by atoms with Gasteiger partial charge in [0.1, 0.15) is 0 Å². The van der Waals surface area contributed by atoms with Crippen LogP contribution >= 0.6 is 0 Å². The van der Waals surface area contributed by atoms with E-state index in [1.807, 2.05) is 32.0 Å². The molecule has 1 N–H and O–H groups in total. The van der Waals surface area contributed by atoms with Crippen LogP contribution in [-0.2, 0) is 25.3 Å². The Morgan fingerprint density at radius 1 is 1.32 bits per heavy atom. The summed E-state index contributed by atoms with van der Waals surface area (Å²) in [6.07, 6.45) is -0.951. The van der Waals surface area contributed by atoms with E-state index in [1.54, 1.807) is 0 Å². The molecule has 1 aromatic carbocycles. The third-order valence-corrected chi connectivity index (χ3v) is 5.61. The van der Waals surface area contributed by atoms with E-state index in [0.29, 0.717) is 0 Å². The summed E-state index contributed by atoms with van der Waals surface area (Å²) < 4.78 is 31.0. The Balaban J connectivity index is 2.03. The largest absolute Gasteiger partial charge is 0.479 e. The molecule has 1 aliphatic rings. The first-order valence-electron chi connectivity index (χ1n) is 7.03. The highest BCUT2D eigenvalue weighted by Crippen LogP contribution is 2.26. The van der Waals surface area contributed by atoms with Crippen molar-refractivity contribution in [2.75, 3.05) is 20.2 Å². The van der Waals surface area contributed by atoms with Crippen molar-refractivity contribution in [2.24, 2.45) is 5.92 Å². The summed E-state index contributed by atoms with van der Waals surface area (Å²) in [4.78, 5) is 11.0. The molecule has 122 valence electrons. The summed E-state index contributed by atoms with van der Waals surface area (Å²) in [5.74, 6) is -1.41. The van der Waals surface area contributed by atoms with Crippen LogP contribution in [0.15, 0.2) is 18.2 Å². The maximum Gasteiger partial charge on any atom is 0.333 e. The average Bonchev–Trinajstić information content (AvgIpc) is 2.29. The van der Waals surface area contributed by atoms with Crippen LogP contribution in [0.5, 0.6) is 0 Å². The first kappa shape index (κ1) is 16.9. The van der Waals surface area contributed by atoms with Crippen LogP contribution in [0.1, 0.15) is 16.7 Å². The molecule has 0 spiro atoms. The van der Waals surface area contributed by atoms with E-state index < -0.39 is 22.1 Å². The molecule has 1 atom stereocenters. The highest BCUT2D eigenvalue weighted by Gasteiger charge is 2.42. The van der Waals surface area contributed by atoms with Crippen LogP contribution in [0.25, 0.3) is 0 Å². The van der Waals surface area contributed by atoms with Crippen molar-refractivity contribution in [1.82, 2.24) is 4.31 Å². The Morgan fingerprint density at radius 2 is 1.86 bits per heavy atom. The number of ether oxygens (including phenoxy) is 1. The molecule has 1 aliphatic heterocycles. The zero-order chi connectivity index (χ0) is 16.5. The number of benzene rings is 1. The van der Waals surface area contributed by atoms with Gasteiger partial charge in [0, 0.05) is 26.1 Å². The SMILES string of the molecule is COC(C(=O)O)C1CN(S(=O)(=O)Cc2cc(C)cc(C)c2)C1. The molecule has 0 bridgehead atoms. The van der Waals surface area contributed by atoms with Gasteiger partial charge in [-0.2, -0.15) is 0 Å². The first-order valence-corrected chi connectivity index (χ1v) is 8.64. The van der Waals surface area contributed by atoms with Crippen molar-refractivity contribution in [1.29, 1.82) is 0 Å². The fourth-order valence-electron chi connectivity index (χ4n) is 2.84. The fourth-order valence-corrected chi connectivity index (χ4v) is 4.45. The number of aryl methyl sites for hydroxylation is 2. The van der Waals surface area contributed by atoms with Gasteiger partial charge in [-0.25, -0.2) is 17.5 Å². The number of aliphatic carboxylic acids is 1. The molecule has 0 radical (unpaired) electrons. The smallest absolute Gasteiger partial charge is 0.333 e. The standard InChI is InChI=1S/C15H21NO5S/c1-10-4-11(2)6-12(5-10)9-22(19,20)16-7-13(8-16)14(21-3)15(17)18/h4-6,13-14H,7-9H2,1-3H3,(H,17,18). The minimum Gasteiger partial charge on any atom is -0.479 e. The summed E-state index contributed by atoms with van der Waals surface area (Å²) in [6, 6.07) is 5.71. The number of carbonyl (C=O) groups is 1. The van der Waals surface area contributed by atoms with Crippen molar-refractivity contribution in [3.63, 3.8) is 0 Å². The van der Waals surface area contributed by atoms with Crippen LogP contribution in [-0.4, -0.2) is 50.1 Å². The number of methoxy groups -OCH3 is 1. The van der Waals surface area contributed by atoms with Gasteiger partial charge in [-0.3, -0.25) is 0 Å². The van der Waals surface area contributed by atoms with Crippen molar-refractivity contribution in [2.45, 2.75) is 25.7 Å². The lowest BCUT2D eigenvalue weighted by molar-refractivity contribution is -0.154. The average molecular weight is 327 g/mol. The van der Waals surface area contributed by atoms with Gasteiger partial charge in [-0.15, -0.1) is 0 Å². The lowest BCUT2D eigenvalue weighted by Crippen LogP contribution is -2.56. The Labute approximate surface area is 130 Å². The van der Waals surface area contributed by atoms with Gasteiger partial charge in [0.2, 0.25) is 10.0 Å². The van der Waals surface area contributed by atoms with Gasteiger partial charge < -0.3 is 9.84 Å². The summed E-state index contributed by atoms with van der Waals surface area (Å²) >= 11 is 0. The predicted molar refractivity (Wildman–Crippen MR) is 82.0 cm³/mol. The summed E-state index contributed by atoms with van der Waals surface area (Å²) in [5.41, 5.74) is 2.80. The molecular weight excluding hydrogens is 306 g/mol. The van der Waals surface area contributed by atoms with Crippen LogP contribution in [0, 0.1) is 19.8 Å². The minimum atomic E-state index is -3.43. The second-order valence-corrected chi connectivity index (χ2v) is 7.79. The molecule has 7 heteroatoms. The van der Waals surface area contributed by atoms with E-state index in [9.17, 15) is 13.2 Å². The number of sulfonamides is 1. The van der Waals surface area contributed by atoms with E-state index in [0.717, 1.165) is 16.7 Å². The predicted octanol–water partition coefficient (Wildman–Crippen LogP) is 1.16. The molecule has 0 amide bonds. The van der Waals surface area contributed by atoms with Crippen LogP contribution < -0.4 is 0 Å². The van der Waals surface area contributed by atoms with Crippen LogP contribution in [0.3, 0.4) is 0 Å². The maximum absolute atomic E-state index is 12.4. The second-order valence-electron chi connectivity index (χ2n) is 5.82. The number of carboxylic acids is 1. The van der Waals surface area contributed by atoms with Gasteiger partial charge >= 0.3 is 5.97 Å². The van der Waals surface area contributed by atoms with E-state index >= 15 is 0 Å². The highest BCUT2D eigenvalue weighted by atomic mass is 32.2. The van der Waals surface area contributed by atoms with Crippen LogP contribution in [0.2, 0.25) is 0 Å². The number of hydrogen-bond donors (Lipinski definition) is 1. The summed E-state index contributed by atoms with van der Waals surface area (Å²) in [6.45, 7) is 4.24. The van der Waals surface area contributed by atoms with E-state index in [2.05, 4.69) is 0 Å². The Morgan fingerprint density at radius 3 is 2.32 bits per heavy atom. The third-order valence-electron chi connectivity index (χ3n) is 3.83. The molecule has 1 saturated heterocycles. The lowest BCUT2D eigenvalue weighted by atomic mass is 9.96. The quantitative estimate of drug-likeness (QED) is 0.848. The summed E-state index contributed by atoms with van der Waals surface area (Å²) in [5, 5.41) is 9.00. The number of rotatable bonds is 6. The highest BCUT2D eigenvalue weighted by molar-refractivity contribution is 7.88. The van der Waals surface area contributed by atoms with Gasteiger partial charge in [0.25, 0.3) is 0 Å². The van der Waals surface area contributed by atoms with E-state index in [1.165, 1.54) is 11.4 Å². The third kappa shape index (κ3) is 3.66. The fraction of sp³-hybridized carbons (Fsp3) is 0.533. The van der Waals surface area contributed by atoms with Gasteiger partial charge in [-0.1, -0.05) is 29.3 Å². The van der Waals surface area contributed by atoms with Crippen molar-refractivity contribution < 1.29 is 23.1 Å². The van der Waals surface area contributed by atoms with Crippen LogP contribution in [0.4, 0.5) is 0 Å². The summed E-state index contributed by atoms with van der Waals surface area (Å²) in [7, 11) is -2.10. The number of carboxylic acid groups (broad SMARTS) is 1. The lowest BCUT2D eigenvalue weighted by Gasteiger charge is -2.40. The second kappa shape index (κ2) is 6.36. The Bertz CT molecular complexity index is 644. The number of nitrogens with zero attached hydrogens (tertiary/aromatic N) is 1. The molecule has 1 unspecified atom stereocenters. The molecule has 2 rings (SSSR count). The molecule has 6 nitrogen and oxygen atoms in total. The van der Waals surface area contributed by atoms with Crippen molar-refractivity contribution in [3.05, 3.63) is 34.9 Å².